The molecule has 0 heterocycles. The fraction of sp³-hybridized carbons (Fsp3) is 0.0381. The maximum atomic E-state index is 13.8. The van der Waals surface area contributed by atoms with Crippen LogP contribution in [0.4, 0.5) is 0 Å². The molecule has 34 nitrogen and oxygen atoms in total. The monoisotopic (exact) mass is 2070 g/mol. The van der Waals surface area contributed by atoms with Gasteiger partial charge in [-0.15, -0.1) is 13.0 Å². The lowest BCUT2D eigenvalue weighted by atomic mass is 10.0. The van der Waals surface area contributed by atoms with Gasteiger partial charge in [0.2, 0.25) is 0 Å². The maximum absolute atomic E-state index is 13.8. The minimum Gasteiger partial charge on any atom is -0.497 e. The lowest BCUT2D eigenvalue weighted by molar-refractivity contribution is -0.432. The Morgan fingerprint density at radius 1 is 0.255 bits per heavy atom. The summed E-state index contributed by atoms with van der Waals surface area (Å²) in [6.07, 6.45) is 0. The van der Waals surface area contributed by atoms with Crippen molar-refractivity contribution in [3.63, 3.8) is 0 Å². The first kappa shape index (κ1) is 103. The number of methoxy groups -OCH3 is 2. The predicted molar refractivity (Wildman–Crippen MR) is 525 cm³/mol. The summed E-state index contributed by atoms with van der Waals surface area (Å²) in [4.78, 5) is 39.4. The van der Waals surface area contributed by atoms with Crippen molar-refractivity contribution in [2.75, 3.05) is 14.2 Å². The second-order valence-electron chi connectivity index (χ2n) is 30.5. The van der Waals surface area contributed by atoms with Gasteiger partial charge in [0.05, 0.1) is 65.7 Å². The Labute approximate surface area is 840 Å². The fourth-order valence-corrected chi connectivity index (χ4v) is 17.4. The van der Waals surface area contributed by atoms with E-state index in [9.17, 15) is 63.8 Å². The topological polar surface area (TPSA) is 480 Å². The van der Waals surface area contributed by atoms with Crippen LogP contribution in [0.15, 0.2) is 369 Å². The van der Waals surface area contributed by atoms with E-state index < -0.39 is 62.4 Å². The van der Waals surface area contributed by atoms with Crippen LogP contribution in [0.2, 0.25) is 0 Å². The van der Waals surface area contributed by atoms with E-state index in [4.69, 9.17) is 67.9 Å². The summed E-state index contributed by atoms with van der Waals surface area (Å²) in [7, 11) is -11.7. The molecular weight excluding hydrogens is 1990 g/mol. The fourth-order valence-electron chi connectivity index (χ4n) is 14.0. The molecule has 145 heavy (non-hydrogen) atoms. The van der Waals surface area contributed by atoms with Gasteiger partial charge in [-0.2, -0.15) is 35.8 Å². The Balaban J connectivity index is 0.000000218. The molecule has 0 radical (unpaired) electrons. The van der Waals surface area contributed by atoms with Crippen molar-refractivity contribution in [2.45, 2.75) is 43.2 Å². The van der Waals surface area contributed by atoms with Crippen molar-refractivity contribution >= 4 is 83.8 Å². The molecular formula is C105H74N2O32S6. The summed E-state index contributed by atoms with van der Waals surface area (Å²) >= 11 is 1.71. The summed E-state index contributed by atoms with van der Waals surface area (Å²) in [5, 5.41) is 57.2. The molecule has 0 aliphatic carbocycles. The molecule has 732 valence electrons. The smallest absolute Gasteiger partial charge is 0.298 e. The summed E-state index contributed by atoms with van der Waals surface area (Å²) in [5.41, 5.74) is 5.62. The van der Waals surface area contributed by atoms with E-state index in [-0.39, 0.29) is 89.0 Å². The van der Waals surface area contributed by atoms with Crippen molar-refractivity contribution in [1.29, 1.82) is 10.5 Å². The quantitative estimate of drug-likeness (QED) is 0.00683. The van der Waals surface area contributed by atoms with Crippen LogP contribution in [-0.4, -0.2) is 86.3 Å². The van der Waals surface area contributed by atoms with Crippen LogP contribution in [0.3, 0.4) is 0 Å². The lowest BCUT2D eigenvalue weighted by Gasteiger charge is -2.14. The number of hydrogen-bond acceptors (Lipinski definition) is 34. The molecule has 6 N–H and O–H groups in total. The highest BCUT2D eigenvalue weighted by molar-refractivity contribution is 7.95. The predicted octanol–water partition coefficient (Wildman–Crippen LogP) is 25.9. The first-order valence-electron chi connectivity index (χ1n) is 42.3. The Bertz CT molecular complexity index is 7920. The van der Waals surface area contributed by atoms with Crippen molar-refractivity contribution in [2.24, 2.45) is 0 Å². The number of ether oxygens (including phenoxy) is 11. The zero-order valence-electron chi connectivity index (χ0n) is 75.5. The van der Waals surface area contributed by atoms with Gasteiger partial charge in [-0.1, -0.05) is 94.0 Å². The second-order valence-corrected chi connectivity index (χ2v) is 36.9. The van der Waals surface area contributed by atoms with Crippen molar-refractivity contribution in [1.82, 2.24) is 0 Å². The van der Waals surface area contributed by atoms with Gasteiger partial charge in [-0.05, 0) is 308 Å². The van der Waals surface area contributed by atoms with E-state index in [1.54, 1.807) is 178 Å². The van der Waals surface area contributed by atoms with Gasteiger partial charge in [0.1, 0.15) is 147 Å². The van der Waals surface area contributed by atoms with Gasteiger partial charge >= 0.3 is 0 Å². The molecule has 16 rings (SSSR count). The molecule has 0 saturated heterocycles. The number of hydrogen-bond donors (Lipinski definition) is 6. The molecule has 0 spiro atoms. The number of carbonyl (C=O) groups is 3. The van der Waals surface area contributed by atoms with E-state index in [2.05, 4.69) is 40.3 Å². The van der Waals surface area contributed by atoms with Crippen LogP contribution in [0.5, 0.6) is 115 Å². The number of ketones is 3. The minimum atomic E-state index is -4.91. The number of rotatable bonds is 40. The van der Waals surface area contributed by atoms with Gasteiger partial charge in [0.15, 0.2) is 17.3 Å². The van der Waals surface area contributed by atoms with Crippen molar-refractivity contribution < 1.29 is 149 Å². The van der Waals surface area contributed by atoms with Crippen LogP contribution in [0.25, 0.3) is 22.3 Å². The molecule has 0 aliphatic rings. The van der Waals surface area contributed by atoms with Crippen molar-refractivity contribution in [3.05, 3.63) is 395 Å². The van der Waals surface area contributed by atoms with Gasteiger partial charge in [-0.3, -0.25) is 28.0 Å². The summed E-state index contributed by atoms with van der Waals surface area (Å²) < 4.78 is 182. The third kappa shape index (κ3) is 26.6. The van der Waals surface area contributed by atoms with Gasteiger partial charge in [0, 0.05) is 38.3 Å². The lowest BCUT2D eigenvalue weighted by Crippen LogP contribution is -2.07. The number of carbonyl (C=O) groups excluding carboxylic acids is 3. The first-order chi connectivity index (χ1) is 69.9. The Morgan fingerprint density at radius 3 is 0.800 bits per heavy atom. The Kier molecular flexibility index (Phi) is 33.5. The van der Waals surface area contributed by atoms with E-state index in [0.29, 0.717) is 132 Å². The number of nitrogens with zero attached hydrogens (tertiary/aromatic N) is 2. The zero-order chi connectivity index (χ0) is 102. The average molecular weight is 2070 g/mol. The largest absolute Gasteiger partial charge is 0.497 e. The summed E-state index contributed by atoms with van der Waals surface area (Å²) in [5.74, 6) is 4.32. The van der Waals surface area contributed by atoms with E-state index in [1.807, 2.05) is 67.6 Å². The normalized spacial score (nSPS) is 11.2. The molecule has 0 saturated carbocycles. The van der Waals surface area contributed by atoms with Crippen LogP contribution in [0, 0.1) is 36.5 Å². The molecule has 40 heteroatoms. The van der Waals surface area contributed by atoms with Gasteiger partial charge in [0.25, 0.3) is 30.4 Å². The first-order valence-corrected chi connectivity index (χ1v) is 48.8. The Hall–Kier alpha value is -16.3. The maximum Gasteiger partial charge on any atom is 0.298 e. The van der Waals surface area contributed by atoms with Crippen LogP contribution >= 0.6 is 36.1 Å². The van der Waals surface area contributed by atoms with Gasteiger partial charge < -0.3 is 52.1 Å². The molecule has 0 aromatic heterocycles. The van der Waals surface area contributed by atoms with Crippen LogP contribution in [-0.2, 0) is 58.5 Å². The second kappa shape index (κ2) is 47.1. The van der Waals surface area contributed by atoms with Crippen molar-refractivity contribution in [3.8, 4) is 149 Å². The minimum absolute atomic E-state index is 0.0351. The third-order valence-electron chi connectivity index (χ3n) is 21.1. The summed E-state index contributed by atoms with van der Waals surface area (Å²) in [6, 6.07) is 93.7. The van der Waals surface area contributed by atoms with Crippen LogP contribution in [0.1, 0.15) is 70.0 Å². The summed E-state index contributed by atoms with van der Waals surface area (Å²) in [6.45, 7) is 3.60. The molecule has 0 aliphatic heterocycles. The standard InChI is InChI=1S/C53H36N2O13S2.C52H38O19S4/c1-33-5-3-6-46(44(33)31-54)63-40-15-9-34(10-16-40)35-11-17-41(18-12-35)64-47-7-4-8-48(45(47)32-55)65-42-23-19-38(20-24-42)62-39-21-25-43(26-22-39)66-49-27-13-36(29-51(49)69-68-67-57)53(56)37-14-28-50(61-2)52(30-37)70(58,59)60;1-31-3-4-34(27-47(31)72-70-68-55)51(53)36-10-25-45(49(29-36)74(57,58)59)66-42-14-7-33(8-15-42)32-5-12-41(13-6-32)65-44-24-9-35(28-48(44)73-71-69-56)52(54)37-11-26-46(50(30-37)75(60,61)62)67-43-22-20-40(21-23-43)64-39-18-16-38(63-2)17-19-39/h3-30,57H,1-2H3,(H,58,59,60);3-30,55-56H,1-2H3,(H,57,58,59)(H,60,61,62). The molecule has 0 bridgehead atoms. The Morgan fingerprint density at radius 2 is 0.497 bits per heavy atom. The SMILES string of the molecule is COc1ccc(C(=O)c2ccc(Oc3ccc(Oc4ccc(Oc5cccc(Oc6ccc(-c7ccc(Oc8cccc(C)c8C#N)cc7)cc6)c5C#N)cc4)cc3)c(SOOO)c2)cc1S(=O)(=O)O.COc1ccc(Oc2ccc(Oc3ccc(C(=O)c4ccc(Oc5ccc(-c6ccc(Oc7ccc(C(=O)c8ccc(C)c(SOOO)c8)cc7S(=O)(=O)O)cc6)cc5)c(SOOO)c4)cc3S(=O)(=O)O)cc2)cc1. The molecule has 16 aromatic rings. The molecule has 16 aromatic carbocycles. The number of nitriles is 2. The van der Waals surface area contributed by atoms with E-state index >= 15 is 0 Å². The molecule has 0 amide bonds. The molecule has 0 fully saturated rings. The molecule has 0 atom stereocenters. The third-order valence-corrected chi connectivity index (χ3v) is 25.8. The number of aryl methyl sites for hydroxylation is 2. The van der Waals surface area contributed by atoms with Gasteiger partial charge in [-0.25, -0.2) is 15.8 Å². The van der Waals surface area contributed by atoms with E-state index in [1.165, 1.54) is 104 Å². The van der Waals surface area contributed by atoms with Crippen LogP contribution < -0.4 is 52.1 Å². The highest BCUT2D eigenvalue weighted by atomic mass is 32.2. The van der Waals surface area contributed by atoms with E-state index in [0.717, 1.165) is 40.5 Å². The highest BCUT2D eigenvalue weighted by Crippen LogP contribution is 2.44. The average Bonchev–Trinajstić information content (AvgIpc) is 0.801. The molecule has 0 unspecified atom stereocenters. The zero-order valence-corrected chi connectivity index (χ0v) is 80.4. The highest BCUT2D eigenvalue weighted by Gasteiger charge is 2.28. The number of benzene rings is 16.